The average Bonchev–Trinajstić information content (AvgIpc) is 2.24. The van der Waals surface area contributed by atoms with Gasteiger partial charge in [0.25, 0.3) is 0 Å². The Morgan fingerprint density at radius 2 is 1.39 bits per heavy atom. The Labute approximate surface area is 115 Å². The van der Waals surface area contributed by atoms with Crippen molar-refractivity contribution in [3.05, 3.63) is 12.2 Å². The smallest absolute Gasteiger partial charge is 0.183 e. The molecule has 0 saturated heterocycles. The summed E-state index contributed by atoms with van der Waals surface area (Å²) >= 11 is 0. The van der Waals surface area contributed by atoms with Crippen LogP contribution in [0.4, 0.5) is 0 Å². The van der Waals surface area contributed by atoms with E-state index in [0.717, 1.165) is 19.6 Å². The Balaban J connectivity index is 2.61. The minimum absolute atomic E-state index is 0.231. The molecule has 0 heterocycles. The van der Waals surface area contributed by atoms with Gasteiger partial charge in [0.15, 0.2) is 16.6 Å². The van der Waals surface area contributed by atoms with Gasteiger partial charge in [0.05, 0.1) is 0 Å². The molecule has 0 unspecified atom stereocenters. The topological polar surface area (TPSA) is 18.5 Å². The summed E-state index contributed by atoms with van der Waals surface area (Å²) in [6, 6.07) is 0. The molecule has 0 saturated carbocycles. The van der Waals surface area contributed by atoms with Crippen LogP contribution in [0.15, 0.2) is 12.2 Å². The number of hydrogen-bond acceptors (Lipinski definition) is 2. The molecule has 1 rings (SSSR count). The lowest BCUT2D eigenvalue weighted by atomic mass is 9.79. The van der Waals surface area contributed by atoms with Crippen LogP contribution in [0.25, 0.3) is 0 Å². The lowest BCUT2D eigenvalue weighted by Gasteiger charge is -2.38. The minimum atomic E-state index is -1.43. The molecular formula is C14H30O2Si2. The summed E-state index contributed by atoms with van der Waals surface area (Å²) in [5, 5.41) is 0. The summed E-state index contributed by atoms with van der Waals surface area (Å²) < 4.78 is 12.4. The van der Waals surface area contributed by atoms with Gasteiger partial charge in [-0.3, -0.25) is 0 Å². The van der Waals surface area contributed by atoms with E-state index in [1.165, 1.54) is 12.8 Å². The largest absolute Gasteiger partial charge is 0.417 e. The highest BCUT2D eigenvalue weighted by atomic mass is 28.4. The first kappa shape index (κ1) is 16.1. The van der Waals surface area contributed by atoms with Gasteiger partial charge in [-0.2, -0.15) is 0 Å². The first-order valence-electron chi connectivity index (χ1n) is 7.05. The molecule has 106 valence electrons. The summed E-state index contributed by atoms with van der Waals surface area (Å²) in [4.78, 5) is 0. The van der Waals surface area contributed by atoms with Crippen molar-refractivity contribution in [2.75, 3.05) is 13.2 Å². The van der Waals surface area contributed by atoms with Gasteiger partial charge in [-0.1, -0.05) is 12.2 Å². The quantitative estimate of drug-likeness (QED) is 0.532. The molecule has 4 heteroatoms. The SMILES string of the molecule is C[Si](C)(C)OCC1(CO[Si](C)(C)C)CC=CCC1. The van der Waals surface area contributed by atoms with E-state index in [0.29, 0.717) is 0 Å². The van der Waals surface area contributed by atoms with Crippen molar-refractivity contribution in [1.29, 1.82) is 0 Å². The van der Waals surface area contributed by atoms with Crippen LogP contribution >= 0.6 is 0 Å². The Bertz CT molecular complexity index is 269. The second-order valence-electron chi connectivity index (χ2n) is 7.52. The summed E-state index contributed by atoms with van der Waals surface area (Å²) in [6.45, 7) is 15.3. The molecule has 0 aromatic carbocycles. The molecule has 0 N–H and O–H groups in total. The average molecular weight is 287 g/mol. The van der Waals surface area contributed by atoms with E-state index in [-0.39, 0.29) is 5.41 Å². The normalized spacial score (nSPS) is 20.1. The van der Waals surface area contributed by atoms with Crippen LogP contribution in [0.5, 0.6) is 0 Å². The summed E-state index contributed by atoms with van der Waals surface area (Å²) in [7, 11) is -2.86. The second kappa shape index (κ2) is 6.03. The van der Waals surface area contributed by atoms with Crippen LogP contribution in [-0.2, 0) is 8.85 Å². The number of rotatable bonds is 6. The number of hydrogen-bond donors (Lipinski definition) is 0. The van der Waals surface area contributed by atoms with Crippen LogP contribution in [-0.4, -0.2) is 29.8 Å². The molecule has 0 aromatic heterocycles. The highest BCUT2D eigenvalue weighted by Gasteiger charge is 2.34. The summed E-state index contributed by atoms with van der Waals surface area (Å²) in [6.07, 6.45) is 8.09. The third-order valence-electron chi connectivity index (χ3n) is 3.18. The first-order valence-corrected chi connectivity index (χ1v) is 13.9. The monoisotopic (exact) mass is 286 g/mol. The van der Waals surface area contributed by atoms with E-state index < -0.39 is 16.6 Å². The van der Waals surface area contributed by atoms with Gasteiger partial charge in [-0.15, -0.1) is 0 Å². The molecule has 0 aliphatic heterocycles. The van der Waals surface area contributed by atoms with Crippen LogP contribution in [0.1, 0.15) is 19.3 Å². The lowest BCUT2D eigenvalue weighted by molar-refractivity contribution is 0.0630. The van der Waals surface area contributed by atoms with Crippen molar-refractivity contribution in [3.8, 4) is 0 Å². The highest BCUT2D eigenvalue weighted by molar-refractivity contribution is 6.70. The fraction of sp³-hybridized carbons (Fsp3) is 0.857. The lowest BCUT2D eigenvalue weighted by Crippen LogP contribution is -2.41. The Morgan fingerprint density at radius 3 is 1.72 bits per heavy atom. The van der Waals surface area contributed by atoms with Crippen molar-refractivity contribution >= 4 is 16.6 Å². The molecule has 0 amide bonds. The molecule has 0 aromatic rings. The van der Waals surface area contributed by atoms with Gasteiger partial charge in [-0.05, 0) is 58.5 Å². The van der Waals surface area contributed by atoms with Gasteiger partial charge < -0.3 is 8.85 Å². The summed E-state index contributed by atoms with van der Waals surface area (Å²) in [5.74, 6) is 0. The fourth-order valence-corrected chi connectivity index (χ4v) is 3.46. The van der Waals surface area contributed by atoms with Gasteiger partial charge in [0, 0.05) is 18.6 Å². The summed E-state index contributed by atoms with van der Waals surface area (Å²) in [5.41, 5.74) is 0.231. The Kier molecular flexibility index (Phi) is 5.41. The maximum Gasteiger partial charge on any atom is 0.183 e. The van der Waals surface area contributed by atoms with Gasteiger partial charge in [0.2, 0.25) is 0 Å². The van der Waals surface area contributed by atoms with Crippen molar-refractivity contribution in [3.63, 3.8) is 0 Å². The third-order valence-corrected chi connectivity index (χ3v) is 5.20. The first-order chi connectivity index (χ1) is 8.12. The van der Waals surface area contributed by atoms with Crippen LogP contribution in [0, 0.1) is 5.41 Å². The van der Waals surface area contributed by atoms with Gasteiger partial charge in [-0.25, -0.2) is 0 Å². The van der Waals surface area contributed by atoms with E-state index in [1.54, 1.807) is 0 Å². The van der Waals surface area contributed by atoms with Crippen LogP contribution in [0.3, 0.4) is 0 Å². The predicted molar refractivity (Wildman–Crippen MR) is 84.0 cm³/mol. The van der Waals surface area contributed by atoms with Crippen molar-refractivity contribution in [2.24, 2.45) is 5.41 Å². The molecule has 0 bridgehead atoms. The fourth-order valence-electron chi connectivity index (χ4n) is 1.99. The van der Waals surface area contributed by atoms with E-state index in [9.17, 15) is 0 Å². The zero-order valence-corrected chi connectivity index (χ0v) is 15.0. The van der Waals surface area contributed by atoms with E-state index in [1.807, 2.05) is 0 Å². The molecule has 2 nitrogen and oxygen atoms in total. The molecule has 18 heavy (non-hydrogen) atoms. The van der Waals surface area contributed by atoms with E-state index in [4.69, 9.17) is 8.85 Å². The number of allylic oxidation sites excluding steroid dienone is 2. The molecule has 0 radical (unpaired) electrons. The predicted octanol–water partition coefficient (Wildman–Crippen LogP) is 4.42. The van der Waals surface area contributed by atoms with Gasteiger partial charge >= 0.3 is 0 Å². The molecule has 0 fully saturated rings. The standard InChI is InChI=1S/C14H30O2Si2/c1-17(2,3)15-12-14(10-8-7-9-11-14)13-16-18(4,5)6/h7-8H,9-13H2,1-6H3. The zero-order chi connectivity index (χ0) is 13.9. The highest BCUT2D eigenvalue weighted by Crippen LogP contribution is 2.35. The molecule has 0 atom stereocenters. The van der Waals surface area contributed by atoms with Crippen LogP contribution in [0.2, 0.25) is 39.3 Å². The van der Waals surface area contributed by atoms with Crippen LogP contribution < -0.4 is 0 Å². The van der Waals surface area contributed by atoms with Crippen molar-refractivity contribution in [2.45, 2.75) is 58.5 Å². The molecule has 1 aliphatic rings. The minimum Gasteiger partial charge on any atom is -0.417 e. The molecule has 1 aliphatic carbocycles. The maximum absolute atomic E-state index is 6.18. The van der Waals surface area contributed by atoms with E-state index >= 15 is 0 Å². The maximum atomic E-state index is 6.18. The van der Waals surface area contributed by atoms with Gasteiger partial charge in [0.1, 0.15) is 0 Å². The third kappa shape index (κ3) is 6.32. The Hall–Kier alpha value is 0.0938. The second-order valence-corrected chi connectivity index (χ2v) is 16.5. The zero-order valence-electron chi connectivity index (χ0n) is 13.0. The molecular weight excluding hydrogens is 256 g/mol. The van der Waals surface area contributed by atoms with E-state index in [2.05, 4.69) is 51.4 Å². The molecule has 0 spiro atoms. The van der Waals surface area contributed by atoms with Crippen molar-refractivity contribution in [1.82, 2.24) is 0 Å². The van der Waals surface area contributed by atoms with Crippen molar-refractivity contribution < 1.29 is 8.85 Å². The Morgan fingerprint density at radius 1 is 0.889 bits per heavy atom.